The van der Waals surface area contributed by atoms with E-state index in [0.29, 0.717) is 16.3 Å². The summed E-state index contributed by atoms with van der Waals surface area (Å²) in [5.74, 6) is -0.153. The zero-order valence-electron chi connectivity index (χ0n) is 10.9. The Bertz CT molecular complexity index is 625. The molecule has 0 heterocycles. The lowest BCUT2D eigenvalue weighted by atomic mass is 10.1. The lowest BCUT2D eigenvalue weighted by molar-refractivity contribution is 0.0993. The molecule has 0 aliphatic heterocycles. The highest BCUT2D eigenvalue weighted by atomic mass is 35.5. The highest BCUT2D eigenvalue weighted by molar-refractivity contribution is 6.35. The monoisotopic (exact) mass is 274 g/mol. The van der Waals surface area contributed by atoms with Crippen molar-refractivity contribution < 1.29 is 4.79 Å². The van der Waals surface area contributed by atoms with Gasteiger partial charge in [-0.3, -0.25) is 4.79 Å². The molecule has 3 nitrogen and oxygen atoms in total. The zero-order valence-corrected chi connectivity index (χ0v) is 11.6. The summed E-state index contributed by atoms with van der Waals surface area (Å²) in [5.41, 5.74) is 8.46. The van der Waals surface area contributed by atoms with E-state index in [4.69, 9.17) is 17.3 Å². The Balaban J connectivity index is 2.36. The first-order valence-electron chi connectivity index (χ1n) is 5.89. The van der Waals surface area contributed by atoms with Gasteiger partial charge in [-0.15, -0.1) is 0 Å². The first-order chi connectivity index (χ1) is 9.00. The van der Waals surface area contributed by atoms with Crippen LogP contribution < -0.4 is 10.6 Å². The van der Waals surface area contributed by atoms with E-state index in [9.17, 15) is 4.79 Å². The molecule has 98 valence electrons. The molecule has 0 aromatic heterocycles. The number of benzene rings is 2. The zero-order chi connectivity index (χ0) is 14.0. The third-order valence-electron chi connectivity index (χ3n) is 2.98. The van der Waals surface area contributed by atoms with Gasteiger partial charge in [-0.05, 0) is 36.8 Å². The van der Waals surface area contributed by atoms with Crippen LogP contribution in [-0.4, -0.2) is 13.0 Å². The van der Waals surface area contributed by atoms with Gasteiger partial charge < -0.3 is 10.6 Å². The minimum absolute atomic E-state index is 0.153. The molecule has 4 heteroatoms. The average molecular weight is 275 g/mol. The first-order valence-corrected chi connectivity index (χ1v) is 6.27. The molecule has 0 aliphatic carbocycles. The highest BCUT2D eigenvalue weighted by Gasteiger charge is 2.17. The summed E-state index contributed by atoms with van der Waals surface area (Å²) in [5, 5.41) is 0.489. The van der Waals surface area contributed by atoms with Crippen molar-refractivity contribution in [2.75, 3.05) is 17.7 Å². The molecule has 2 N–H and O–H groups in total. The summed E-state index contributed by atoms with van der Waals surface area (Å²) in [4.78, 5) is 14.0. The lowest BCUT2D eigenvalue weighted by Crippen LogP contribution is -2.26. The van der Waals surface area contributed by atoms with Gasteiger partial charge in [-0.1, -0.05) is 29.8 Å². The van der Waals surface area contributed by atoms with Crippen molar-refractivity contribution in [3.8, 4) is 0 Å². The number of amides is 1. The van der Waals surface area contributed by atoms with Gasteiger partial charge in [0.1, 0.15) is 0 Å². The van der Waals surface area contributed by atoms with Crippen LogP contribution in [0.5, 0.6) is 0 Å². The molecule has 19 heavy (non-hydrogen) atoms. The average Bonchev–Trinajstić information content (AvgIpc) is 2.40. The molecular weight excluding hydrogens is 260 g/mol. The van der Waals surface area contributed by atoms with Gasteiger partial charge in [0.2, 0.25) is 0 Å². The Morgan fingerprint density at radius 1 is 1.21 bits per heavy atom. The van der Waals surface area contributed by atoms with Crippen molar-refractivity contribution in [2.24, 2.45) is 0 Å². The third-order valence-corrected chi connectivity index (χ3v) is 3.49. The molecular formula is C15H15ClN2O. The van der Waals surface area contributed by atoms with Crippen molar-refractivity contribution in [3.63, 3.8) is 0 Å². The maximum atomic E-state index is 12.4. The summed E-state index contributed by atoms with van der Waals surface area (Å²) in [7, 11) is 1.70. The van der Waals surface area contributed by atoms with Gasteiger partial charge in [0.25, 0.3) is 5.91 Å². The summed E-state index contributed by atoms with van der Waals surface area (Å²) < 4.78 is 0. The third kappa shape index (κ3) is 2.71. The number of carbonyl (C=O) groups excluding carboxylic acids is 1. The van der Waals surface area contributed by atoms with Gasteiger partial charge in [-0.25, -0.2) is 0 Å². The topological polar surface area (TPSA) is 46.3 Å². The van der Waals surface area contributed by atoms with E-state index in [1.54, 1.807) is 25.2 Å². The Kier molecular flexibility index (Phi) is 3.76. The molecule has 0 bridgehead atoms. The number of anilines is 2. The number of rotatable bonds is 2. The molecule has 2 aromatic rings. The number of halogens is 1. The number of nitrogen functional groups attached to an aromatic ring is 1. The van der Waals surface area contributed by atoms with Crippen LogP contribution in [0.4, 0.5) is 11.4 Å². The summed E-state index contributed by atoms with van der Waals surface area (Å²) >= 11 is 6.18. The Morgan fingerprint density at radius 3 is 2.58 bits per heavy atom. The molecule has 2 rings (SSSR count). The predicted molar refractivity (Wildman–Crippen MR) is 79.8 cm³/mol. The second-order valence-corrected chi connectivity index (χ2v) is 4.77. The van der Waals surface area contributed by atoms with Crippen molar-refractivity contribution in [3.05, 3.63) is 58.6 Å². The number of hydrogen-bond donors (Lipinski definition) is 1. The van der Waals surface area contributed by atoms with E-state index in [-0.39, 0.29) is 5.91 Å². The fraction of sp³-hybridized carbons (Fsp3) is 0.133. The van der Waals surface area contributed by atoms with Crippen LogP contribution in [-0.2, 0) is 0 Å². The molecule has 0 spiro atoms. The van der Waals surface area contributed by atoms with Gasteiger partial charge >= 0.3 is 0 Å². The summed E-state index contributed by atoms with van der Waals surface area (Å²) in [6.45, 7) is 1.87. The smallest absolute Gasteiger partial charge is 0.259 e. The second kappa shape index (κ2) is 5.33. The van der Waals surface area contributed by atoms with Crippen LogP contribution in [0.1, 0.15) is 15.9 Å². The van der Waals surface area contributed by atoms with E-state index >= 15 is 0 Å². The Labute approximate surface area is 117 Å². The van der Waals surface area contributed by atoms with E-state index in [1.807, 2.05) is 31.2 Å². The predicted octanol–water partition coefficient (Wildman–Crippen LogP) is 3.51. The van der Waals surface area contributed by atoms with Crippen LogP contribution >= 0.6 is 11.6 Å². The van der Waals surface area contributed by atoms with Crippen molar-refractivity contribution >= 4 is 28.9 Å². The maximum Gasteiger partial charge on any atom is 0.259 e. The van der Waals surface area contributed by atoms with Crippen LogP contribution in [0.15, 0.2) is 42.5 Å². The molecule has 0 radical (unpaired) electrons. The normalized spacial score (nSPS) is 10.3. The lowest BCUT2D eigenvalue weighted by Gasteiger charge is -2.19. The summed E-state index contributed by atoms with van der Waals surface area (Å²) in [6, 6.07) is 12.6. The number of nitrogens with two attached hydrogens (primary N) is 1. The quantitative estimate of drug-likeness (QED) is 0.852. The second-order valence-electron chi connectivity index (χ2n) is 4.40. The molecule has 1 amide bonds. The minimum atomic E-state index is -0.153. The van der Waals surface area contributed by atoms with E-state index in [1.165, 1.54) is 4.90 Å². The Hall–Kier alpha value is -2.00. The molecule has 2 aromatic carbocycles. The summed E-state index contributed by atoms with van der Waals surface area (Å²) in [6.07, 6.45) is 0. The molecule has 0 atom stereocenters. The van der Waals surface area contributed by atoms with Crippen LogP contribution in [0.25, 0.3) is 0 Å². The Morgan fingerprint density at radius 2 is 1.89 bits per heavy atom. The molecule has 0 aliphatic rings. The van der Waals surface area contributed by atoms with Gasteiger partial charge in [0, 0.05) is 18.4 Å². The van der Waals surface area contributed by atoms with E-state index in [0.717, 1.165) is 11.3 Å². The van der Waals surface area contributed by atoms with Crippen LogP contribution in [0.2, 0.25) is 5.02 Å². The van der Waals surface area contributed by atoms with Crippen molar-refractivity contribution in [1.29, 1.82) is 0 Å². The van der Waals surface area contributed by atoms with Crippen molar-refractivity contribution in [2.45, 2.75) is 6.92 Å². The maximum absolute atomic E-state index is 12.4. The SMILES string of the molecule is Cc1cccc(C(=O)N(C)c2cccc(N)c2)c1Cl. The standard InChI is InChI=1S/C15H15ClN2O/c1-10-5-3-8-13(14(10)16)15(19)18(2)12-7-4-6-11(17)9-12/h3-9H,17H2,1-2H3. The number of hydrogen-bond acceptors (Lipinski definition) is 2. The molecule has 0 saturated carbocycles. The number of carbonyl (C=O) groups is 1. The highest BCUT2D eigenvalue weighted by Crippen LogP contribution is 2.24. The fourth-order valence-corrected chi connectivity index (χ4v) is 2.05. The fourth-order valence-electron chi connectivity index (χ4n) is 1.84. The largest absolute Gasteiger partial charge is 0.399 e. The van der Waals surface area contributed by atoms with Gasteiger partial charge in [-0.2, -0.15) is 0 Å². The molecule has 0 fully saturated rings. The number of aryl methyl sites for hydroxylation is 1. The van der Waals surface area contributed by atoms with E-state index < -0.39 is 0 Å². The minimum Gasteiger partial charge on any atom is -0.399 e. The van der Waals surface area contributed by atoms with Crippen LogP contribution in [0.3, 0.4) is 0 Å². The van der Waals surface area contributed by atoms with Gasteiger partial charge in [0.05, 0.1) is 10.6 Å². The van der Waals surface area contributed by atoms with Crippen LogP contribution in [0, 0.1) is 6.92 Å². The molecule has 0 unspecified atom stereocenters. The van der Waals surface area contributed by atoms with Gasteiger partial charge in [0.15, 0.2) is 0 Å². The molecule has 0 saturated heterocycles. The van der Waals surface area contributed by atoms with E-state index in [2.05, 4.69) is 0 Å². The number of nitrogens with zero attached hydrogens (tertiary/aromatic N) is 1. The van der Waals surface area contributed by atoms with Crippen molar-refractivity contribution in [1.82, 2.24) is 0 Å². The first kappa shape index (κ1) is 13.4.